The van der Waals surface area contributed by atoms with Crippen LogP contribution in [0.1, 0.15) is 11.1 Å². The molecule has 1 aromatic carbocycles. The van der Waals surface area contributed by atoms with E-state index in [1.165, 1.54) is 0 Å². The van der Waals surface area contributed by atoms with Gasteiger partial charge in [-0.05, 0) is 30.7 Å². The Kier molecular flexibility index (Phi) is 3.61. The second-order valence-electron chi connectivity index (χ2n) is 3.72. The van der Waals surface area contributed by atoms with Gasteiger partial charge in [-0.3, -0.25) is 4.98 Å². The van der Waals surface area contributed by atoms with Crippen molar-refractivity contribution in [3.05, 3.63) is 52.8 Å². The van der Waals surface area contributed by atoms with Gasteiger partial charge in [0.25, 0.3) is 0 Å². The molecular weight excluding hydrogens is 236 g/mol. The zero-order chi connectivity index (χ0) is 12.3. The van der Waals surface area contributed by atoms with Crippen molar-refractivity contribution in [2.75, 3.05) is 0 Å². The first-order chi connectivity index (χ1) is 8.20. The van der Waals surface area contributed by atoms with Crippen molar-refractivity contribution in [1.82, 2.24) is 4.98 Å². The van der Waals surface area contributed by atoms with Crippen LogP contribution < -0.4 is 10.5 Å². The van der Waals surface area contributed by atoms with Gasteiger partial charge in [-0.25, -0.2) is 0 Å². The summed E-state index contributed by atoms with van der Waals surface area (Å²) in [5, 5.41) is 0.579. The highest BCUT2D eigenvalue weighted by Crippen LogP contribution is 2.31. The lowest BCUT2D eigenvalue weighted by Gasteiger charge is -2.11. The lowest BCUT2D eigenvalue weighted by Crippen LogP contribution is -2.00. The SMILES string of the molecule is Cc1ccc(Cl)c(Oc2ccncc2CN)c1. The number of pyridine rings is 1. The van der Waals surface area contributed by atoms with E-state index in [4.69, 9.17) is 22.1 Å². The summed E-state index contributed by atoms with van der Waals surface area (Å²) in [6.45, 7) is 2.37. The van der Waals surface area contributed by atoms with Crippen LogP contribution in [0.2, 0.25) is 5.02 Å². The number of benzene rings is 1. The average molecular weight is 249 g/mol. The summed E-state index contributed by atoms with van der Waals surface area (Å²) in [5.74, 6) is 1.32. The first-order valence-electron chi connectivity index (χ1n) is 5.27. The van der Waals surface area contributed by atoms with Crippen LogP contribution in [-0.2, 0) is 6.54 Å². The molecule has 0 spiro atoms. The van der Waals surface area contributed by atoms with E-state index in [0.29, 0.717) is 23.1 Å². The molecule has 0 bridgehead atoms. The van der Waals surface area contributed by atoms with Gasteiger partial charge in [0.2, 0.25) is 0 Å². The Balaban J connectivity index is 2.34. The molecule has 0 saturated heterocycles. The maximum absolute atomic E-state index is 6.07. The fourth-order valence-electron chi connectivity index (χ4n) is 1.47. The standard InChI is InChI=1S/C13H13ClN2O/c1-9-2-3-11(14)13(6-9)17-12-4-5-16-8-10(12)7-15/h2-6,8H,7,15H2,1H3. The van der Waals surface area contributed by atoms with Crippen molar-refractivity contribution in [2.24, 2.45) is 5.73 Å². The summed E-state index contributed by atoms with van der Waals surface area (Å²) in [6.07, 6.45) is 3.36. The maximum atomic E-state index is 6.07. The first kappa shape index (κ1) is 11.9. The fourth-order valence-corrected chi connectivity index (χ4v) is 1.63. The highest BCUT2D eigenvalue weighted by Gasteiger charge is 2.06. The number of halogens is 1. The van der Waals surface area contributed by atoms with Gasteiger partial charge in [0, 0.05) is 24.5 Å². The van der Waals surface area contributed by atoms with E-state index < -0.39 is 0 Å². The minimum Gasteiger partial charge on any atom is -0.455 e. The molecule has 0 fully saturated rings. The van der Waals surface area contributed by atoms with Gasteiger partial charge < -0.3 is 10.5 Å². The van der Waals surface area contributed by atoms with Crippen molar-refractivity contribution in [1.29, 1.82) is 0 Å². The van der Waals surface area contributed by atoms with E-state index in [1.807, 2.05) is 25.1 Å². The maximum Gasteiger partial charge on any atom is 0.146 e. The van der Waals surface area contributed by atoms with E-state index in [-0.39, 0.29) is 0 Å². The number of ether oxygens (including phenoxy) is 1. The molecule has 0 saturated carbocycles. The molecule has 0 aliphatic rings. The Labute approximate surface area is 105 Å². The summed E-state index contributed by atoms with van der Waals surface area (Å²) in [6, 6.07) is 7.42. The lowest BCUT2D eigenvalue weighted by molar-refractivity contribution is 0.475. The largest absolute Gasteiger partial charge is 0.455 e. The molecular formula is C13H13ClN2O. The molecule has 88 valence electrons. The number of rotatable bonds is 3. The zero-order valence-electron chi connectivity index (χ0n) is 9.48. The predicted octanol–water partition coefficient (Wildman–Crippen LogP) is 3.29. The number of nitrogens with two attached hydrogens (primary N) is 1. The van der Waals surface area contributed by atoms with Crippen LogP contribution in [0.5, 0.6) is 11.5 Å². The third-order valence-electron chi connectivity index (χ3n) is 2.39. The Bertz CT molecular complexity index is 529. The van der Waals surface area contributed by atoms with Crippen LogP contribution in [0.15, 0.2) is 36.7 Å². The summed E-state index contributed by atoms with van der Waals surface area (Å²) < 4.78 is 5.76. The van der Waals surface area contributed by atoms with Gasteiger partial charge in [0.15, 0.2) is 0 Å². The normalized spacial score (nSPS) is 10.3. The smallest absolute Gasteiger partial charge is 0.146 e. The van der Waals surface area contributed by atoms with E-state index in [1.54, 1.807) is 18.5 Å². The molecule has 2 rings (SSSR count). The fraction of sp³-hybridized carbons (Fsp3) is 0.154. The molecule has 3 nitrogen and oxygen atoms in total. The Hall–Kier alpha value is -1.58. The van der Waals surface area contributed by atoms with E-state index in [9.17, 15) is 0 Å². The van der Waals surface area contributed by atoms with Crippen LogP contribution in [0, 0.1) is 6.92 Å². The summed E-state index contributed by atoms with van der Waals surface area (Å²) in [4.78, 5) is 4.00. The van der Waals surface area contributed by atoms with Crippen LogP contribution in [0.25, 0.3) is 0 Å². The second-order valence-corrected chi connectivity index (χ2v) is 4.13. The molecule has 0 atom stereocenters. The number of hydrogen-bond acceptors (Lipinski definition) is 3. The summed E-state index contributed by atoms with van der Waals surface area (Å²) >= 11 is 6.07. The van der Waals surface area contributed by atoms with Crippen LogP contribution in [0.3, 0.4) is 0 Å². The quantitative estimate of drug-likeness (QED) is 0.907. The van der Waals surface area contributed by atoms with E-state index >= 15 is 0 Å². The van der Waals surface area contributed by atoms with Gasteiger partial charge in [0.05, 0.1) is 5.02 Å². The molecule has 0 aliphatic carbocycles. The van der Waals surface area contributed by atoms with Gasteiger partial charge in [-0.1, -0.05) is 17.7 Å². The minimum absolute atomic E-state index is 0.382. The molecule has 17 heavy (non-hydrogen) atoms. The minimum atomic E-state index is 0.382. The van der Waals surface area contributed by atoms with Crippen molar-refractivity contribution in [2.45, 2.75) is 13.5 Å². The van der Waals surface area contributed by atoms with Crippen molar-refractivity contribution < 1.29 is 4.74 Å². The molecule has 2 N–H and O–H groups in total. The van der Waals surface area contributed by atoms with Crippen molar-refractivity contribution in [3.63, 3.8) is 0 Å². The molecule has 4 heteroatoms. The Morgan fingerprint density at radius 1 is 1.29 bits per heavy atom. The molecule has 2 aromatic rings. The second kappa shape index (κ2) is 5.17. The third kappa shape index (κ3) is 2.75. The van der Waals surface area contributed by atoms with Gasteiger partial charge >= 0.3 is 0 Å². The van der Waals surface area contributed by atoms with Gasteiger partial charge in [-0.2, -0.15) is 0 Å². The average Bonchev–Trinajstić information content (AvgIpc) is 2.34. The van der Waals surface area contributed by atoms with Gasteiger partial charge in [-0.15, -0.1) is 0 Å². The highest BCUT2D eigenvalue weighted by atomic mass is 35.5. The van der Waals surface area contributed by atoms with Crippen LogP contribution >= 0.6 is 11.6 Å². The molecule has 0 amide bonds. The molecule has 0 aliphatic heterocycles. The third-order valence-corrected chi connectivity index (χ3v) is 2.70. The predicted molar refractivity (Wildman–Crippen MR) is 68.4 cm³/mol. The molecule has 0 unspecified atom stereocenters. The number of aromatic nitrogens is 1. The van der Waals surface area contributed by atoms with Crippen LogP contribution in [0.4, 0.5) is 0 Å². The number of nitrogens with zero attached hydrogens (tertiary/aromatic N) is 1. The summed E-state index contributed by atoms with van der Waals surface area (Å²) in [7, 11) is 0. The summed E-state index contributed by atoms with van der Waals surface area (Å²) in [5.41, 5.74) is 7.56. The number of hydrogen-bond donors (Lipinski definition) is 1. The lowest BCUT2D eigenvalue weighted by atomic mass is 10.2. The molecule has 1 heterocycles. The van der Waals surface area contributed by atoms with Crippen LogP contribution in [-0.4, -0.2) is 4.98 Å². The molecule has 0 radical (unpaired) electrons. The zero-order valence-corrected chi connectivity index (χ0v) is 10.2. The van der Waals surface area contributed by atoms with Crippen molar-refractivity contribution >= 4 is 11.6 Å². The van der Waals surface area contributed by atoms with E-state index in [2.05, 4.69) is 4.98 Å². The first-order valence-corrected chi connectivity index (χ1v) is 5.65. The van der Waals surface area contributed by atoms with E-state index in [0.717, 1.165) is 11.1 Å². The Morgan fingerprint density at radius 3 is 2.88 bits per heavy atom. The topological polar surface area (TPSA) is 48.1 Å². The monoisotopic (exact) mass is 248 g/mol. The Morgan fingerprint density at radius 2 is 2.12 bits per heavy atom. The van der Waals surface area contributed by atoms with Crippen molar-refractivity contribution in [3.8, 4) is 11.5 Å². The highest BCUT2D eigenvalue weighted by molar-refractivity contribution is 6.32. The molecule has 1 aromatic heterocycles. The van der Waals surface area contributed by atoms with Gasteiger partial charge in [0.1, 0.15) is 11.5 Å². The number of aryl methyl sites for hydroxylation is 1.